The number of aryl methyl sites for hydroxylation is 1. The molecule has 1 heterocycles. The number of carbonyl (C=O) groups is 1. The molecular formula is C15H20N4O. The SMILES string of the molecule is CCN(C(=O)c1n[nH]c(C(C)C)n1)c1cccc(C)c1. The summed E-state index contributed by atoms with van der Waals surface area (Å²) < 4.78 is 0. The summed E-state index contributed by atoms with van der Waals surface area (Å²) in [7, 11) is 0. The Hall–Kier alpha value is -2.17. The quantitative estimate of drug-likeness (QED) is 0.930. The second kappa shape index (κ2) is 5.86. The average molecular weight is 272 g/mol. The molecule has 20 heavy (non-hydrogen) atoms. The maximum absolute atomic E-state index is 12.5. The van der Waals surface area contributed by atoms with E-state index in [1.807, 2.05) is 52.0 Å². The number of aromatic amines is 1. The predicted molar refractivity (Wildman–Crippen MR) is 79.0 cm³/mol. The maximum Gasteiger partial charge on any atom is 0.297 e. The van der Waals surface area contributed by atoms with Gasteiger partial charge in [0.2, 0.25) is 5.82 Å². The standard InChI is InChI=1S/C15H20N4O/c1-5-19(12-8-6-7-11(4)9-12)15(20)14-16-13(10(2)3)17-18-14/h6-10H,5H2,1-4H3,(H,16,17,18). The number of aromatic nitrogens is 3. The van der Waals surface area contributed by atoms with Crippen molar-refractivity contribution < 1.29 is 4.79 Å². The number of nitrogens with zero attached hydrogens (tertiary/aromatic N) is 3. The molecule has 0 bridgehead atoms. The van der Waals surface area contributed by atoms with Gasteiger partial charge < -0.3 is 4.90 Å². The number of hydrogen-bond donors (Lipinski definition) is 1. The van der Waals surface area contributed by atoms with Crippen LogP contribution < -0.4 is 4.90 Å². The Balaban J connectivity index is 2.29. The van der Waals surface area contributed by atoms with Crippen LogP contribution in [0.5, 0.6) is 0 Å². The van der Waals surface area contributed by atoms with E-state index in [1.165, 1.54) is 0 Å². The van der Waals surface area contributed by atoms with Crippen LogP contribution in [0.15, 0.2) is 24.3 Å². The zero-order valence-electron chi connectivity index (χ0n) is 12.3. The number of H-pyrrole nitrogens is 1. The molecule has 0 spiro atoms. The highest BCUT2D eigenvalue weighted by Crippen LogP contribution is 2.18. The molecule has 5 heteroatoms. The summed E-state index contributed by atoms with van der Waals surface area (Å²) in [5.74, 6) is 0.991. The van der Waals surface area contributed by atoms with Crippen LogP contribution in [0.3, 0.4) is 0 Å². The van der Waals surface area contributed by atoms with E-state index in [4.69, 9.17) is 0 Å². The molecule has 1 aromatic heterocycles. The largest absolute Gasteiger partial charge is 0.306 e. The Kier molecular flexibility index (Phi) is 4.17. The van der Waals surface area contributed by atoms with Crippen molar-refractivity contribution >= 4 is 11.6 Å². The zero-order chi connectivity index (χ0) is 14.7. The lowest BCUT2D eigenvalue weighted by atomic mass is 10.2. The molecule has 0 aliphatic rings. The summed E-state index contributed by atoms with van der Waals surface area (Å²) in [5.41, 5.74) is 1.99. The fraction of sp³-hybridized carbons (Fsp3) is 0.400. The molecule has 0 atom stereocenters. The van der Waals surface area contributed by atoms with Crippen LogP contribution in [0.1, 0.15) is 48.7 Å². The van der Waals surface area contributed by atoms with Crippen molar-refractivity contribution in [2.75, 3.05) is 11.4 Å². The van der Waals surface area contributed by atoms with Gasteiger partial charge in [-0.3, -0.25) is 9.89 Å². The van der Waals surface area contributed by atoms with Crippen LogP contribution in [-0.4, -0.2) is 27.6 Å². The predicted octanol–water partition coefficient (Wildman–Crippen LogP) is 2.90. The molecule has 0 radical (unpaired) electrons. The van der Waals surface area contributed by atoms with Crippen LogP contribution in [0.2, 0.25) is 0 Å². The molecular weight excluding hydrogens is 252 g/mol. The number of hydrogen-bond acceptors (Lipinski definition) is 3. The van der Waals surface area contributed by atoms with E-state index in [9.17, 15) is 4.79 Å². The third-order valence-corrected chi connectivity index (χ3v) is 3.12. The maximum atomic E-state index is 12.5. The van der Waals surface area contributed by atoms with Crippen LogP contribution in [-0.2, 0) is 0 Å². The van der Waals surface area contributed by atoms with Gasteiger partial charge in [-0.25, -0.2) is 4.98 Å². The average Bonchev–Trinajstić information content (AvgIpc) is 2.89. The molecule has 5 nitrogen and oxygen atoms in total. The molecule has 0 aliphatic heterocycles. The van der Waals surface area contributed by atoms with Gasteiger partial charge in [0.25, 0.3) is 5.91 Å². The Morgan fingerprint density at radius 3 is 2.70 bits per heavy atom. The highest BCUT2D eigenvalue weighted by molar-refractivity contribution is 6.03. The van der Waals surface area contributed by atoms with Crippen molar-refractivity contribution in [1.82, 2.24) is 15.2 Å². The normalized spacial score (nSPS) is 10.8. The van der Waals surface area contributed by atoms with Gasteiger partial charge in [0, 0.05) is 18.2 Å². The van der Waals surface area contributed by atoms with Crippen molar-refractivity contribution in [2.45, 2.75) is 33.6 Å². The third kappa shape index (κ3) is 2.87. The van der Waals surface area contributed by atoms with Crippen molar-refractivity contribution in [3.8, 4) is 0 Å². The summed E-state index contributed by atoms with van der Waals surface area (Å²) in [5, 5.41) is 6.85. The number of benzene rings is 1. The lowest BCUT2D eigenvalue weighted by Crippen LogP contribution is -2.31. The van der Waals surface area contributed by atoms with E-state index in [1.54, 1.807) is 4.90 Å². The minimum atomic E-state index is -0.179. The number of amides is 1. The van der Waals surface area contributed by atoms with E-state index >= 15 is 0 Å². The third-order valence-electron chi connectivity index (χ3n) is 3.12. The number of carbonyl (C=O) groups excluding carboxylic acids is 1. The lowest BCUT2D eigenvalue weighted by Gasteiger charge is -2.19. The van der Waals surface area contributed by atoms with Crippen LogP contribution in [0, 0.1) is 6.92 Å². The molecule has 0 saturated carbocycles. The first kappa shape index (κ1) is 14.2. The van der Waals surface area contributed by atoms with E-state index in [0.717, 1.165) is 17.1 Å². The molecule has 1 amide bonds. The highest BCUT2D eigenvalue weighted by atomic mass is 16.2. The van der Waals surface area contributed by atoms with Gasteiger partial charge in [-0.15, -0.1) is 5.10 Å². The second-order valence-corrected chi connectivity index (χ2v) is 5.09. The summed E-state index contributed by atoms with van der Waals surface area (Å²) in [6.45, 7) is 8.54. The Morgan fingerprint density at radius 2 is 2.15 bits per heavy atom. The van der Waals surface area contributed by atoms with Gasteiger partial charge in [0.15, 0.2) is 0 Å². The lowest BCUT2D eigenvalue weighted by molar-refractivity contribution is 0.0978. The zero-order valence-corrected chi connectivity index (χ0v) is 12.3. The summed E-state index contributed by atoms with van der Waals surface area (Å²) in [6, 6.07) is 7.85. The van der Waals surface area contributed by atoms with E-state index in [0.29, 0.717) is 6.54 Å². The second-order valence-electron chi connectivity index (χ2n) is 5.09. The molecule has 0 fully saturated rings. The monoisotopic (exact) mass is 272 g/mol. The topological polar surface area (TPSA) is 61.9 Å². The molecule has 0 saturated heterocycles. The minimum absolute atomic E-state index is 0.179. The minimum Gasteiger partial charge on any atom is -0.306 e. The van der Waals surface area contributed by atoms with Gasteiger partial charge >= 0.3 is 0 Å². The van der Waals surface area contributed by atoms with Crippen molar-refractivity contribution in [1.29, 1.82) is 0 Å². The molecule has 1 aromatic carbocycles. The Bertz CT molecular complexity index is 603. The highest BCUT2D eigenvalue weighted by Gasteiger charge is 2.21. The smallest absolute Gasteiger partial charge is 0.297 e. The van der Waals surface area contributed by atoms with Crippen LogP contribution in [0.25, 0.3) is 0 Å². The first-order valence-corrected chi connectivity index (χ1v) is 6.83. The van der Waals surface area contributed by atoms with Crippen LogP contribution in [0.4, 0.5) is 5.69 Å². The van der Waals surface area contributed by atoms with Crippen LogP contribution >= 0.6 is 0 Å². The first-order chi connectivity index (χ1) is 9.52. The molecule has 0 aliphatic carbocycles. The summed E-state index contributed by atoms with van der Waals surface area (Å²) in [4.78, 5) is 18.5. The molecule has 1 N–H and O–H groups in total. The molecule has 0 unspecified atom stereocenters. The van der Waals surface area contributed by atoms with E-state index < -0.39 is 0 Å². The van der Waals surface area contributed by atoms with Gasteiger partial charge in [-0.1, -0.05) is 26.0 Å². The fourth-order valence-electron chi connectivity index (χ4n) is 1.99. The van der Waals surface area contributed by atoms with E-state index in [-0.39, 0.29) is 17.6 Å². The molecule has 2 aromatic rings. The number of anilines is 1. The molecule has 2 rings (SSSR count). The molecule has 106 valence electrons. The van der Waals surface area contributed by atoms with Gasteiger partial charge in [-0.05, 0) is 31.5 Å². The van der Waals surface area contributed by atoms with Gasteiger partial charge in [0.05, 0.1) is 0 Å². The first-order valence-electron chi connectivity index (χ1n) is 6.83. The number of nitrogens with one attached hydrogen (secondary N) is 1. The Labute approximate surface area is 119 Å². The van der Waals surface area contributed by atoms with Crippen molar-refractivity contribution in [3.63, 3.8) is 0 Å². The fourth-order valence-corrected chi connectivity index (χ4v) is 1.99. The summed E-state index contributed by atoms with van der Waals surface area (Å²) in [6.07, 6.45) is 0. The van der Waals surface area contributed by atoms with Gasteiger partial charge in [-0.2, -0.15) is 0 Å². The van der Waals surface area contributed by atoms with Crippen molar-refractivity contribution in [2.24, 2.45) is 0 Å². The van der Waals surface area contributed by atoms with Gasteiger partial charge in [0.1, 0.15) is 5.82 Å². The number of rotatable bonds is 4. The van der Waals surface area contributed by atoms with E-state index in [2.05, 4.69) is 15.2 Å². The summed E-state index contributed by atoms with van der Waals surface area (Å²) >= 11 is 0. The van der Waals surface area contributed by atoms with Crippen molar-refractivity contribution in [3.05, 3.63) is 41.5 Å². The Morgan fingerprint density at radius 1 is 1.40 bits per heavy atom.